The van der Waals surface area contributed by atoms with Gasteiger partial charge in [-0.3, -0.25) is 4.79 Å². The molecule has 0 saturated heterocycles. The number of hydrogen-bond donors (Lipinski definition) is 4. The summed E-state index contributed by atoms with van der Waals surface area (Å²) >= 11 is 0. The second-order valence-electron chi connectivity index (χ2n) is 2.69. The summed E-state index contributed by atoms with van der Waals surface area (Å²) < 4.78 is 0. The van der Waals surface area contributed by atoms with Crippen molar-refractivity contribution >= 4 is 5.91 Å². The first-order chi connectivity index (χ1) is 6.24. The number of carbonyl (C=O) groups excluding carboxylic acids is 1. The molecule has 1 unspecified atom stereocenters. The van der Waals surface area contributed by atoms with Gasteiger partial charge in [0.05, 0.1) is 0 Å². The van der Waals surface area contributed by atoms with Gasteiger partial charge in [0.15, 0.2) is 0 Å². The molecule has 0 fully saturated rings. The van der Waals surface area contributed by atoms with Crippen LogP contribution in [0, 0.1) is 0 Å². The maximum absolute atomic E-state index is 11.0. The van der Waals surface area contributed by atoms with E-state index < -0.39 is 12.0 Å². The Bertz CT molecular complexity index is 258. The van der Waals surface area contributed by atoms with Crippen molar-refractivity contribution in [2.24, 2.45) is 5.73 Å². The Morgan fingerprint density at radius 2 is 2.54 bits per heavy atom. The molecule has 0 aliphatic carbocycles. The van der Waals surface area contributed by atoms with Gasteiger partial charge in [-0.05, 0) is 11.6 Å². The van der Waals surface area contributed by atoms with Crippen molar-refractivity contribution in [3.8, 4) is 0 Å². The van der Waals surface area contributed by atoms with Gasteiger partial charge < -0.3 is 21.1 Å². The van der Waals surface area contributed by atoms with Crippen LogP contribution in [0.3, 0.4) is 0 Å². The van der Waals surface area contributed by atoms with E-state index in [0.29, 0.717) is 6.54 Å². The third kappa shape index (κ3) is 2.89. The fourth-order valence-corrected chi connectivity index (χ4v) is 0.882. The quantitative estimate of drug-likeness (QED) is 0.480. The first-order valence-corrected chi connectivity index (χ1v) is 4.01. The van der Waals surface area contributed by atoms with Gasteiger partial charge in [0.25, 0.3) is 0 Å². The molecule has 0 spiro atoms. The monoisotopic (exact) mass is 183 g/mol. The van der Waals surface area contributed by atoms with E-state index in [2.05, 4.69) is 10.3 Å². The number of aliphatic hydroxyl groups is 1. The normalized spacial score (nSPS) is 12.5. The van der Waals surface area contributed by atoms with E-state index in [-0.39, 0.29) is 6.54 Å². The summed E-state index contributed by atoms with van der Waals surface area (Å²) in [5, 5.41) is 11.6. The topological polar surface area (TPSA) is 91.1 Å². The number of H-pyrrole nitrogens is 1. The van der Waals surface area contributed by atoms with Crippen LogP contribution in [0.1, 0.15) is 5.56 Å². The summed E-state index contributed by atoms with van der Waals surface area (Å²) in [6.07, 6.45) is 2.43. The van der Waals surface area contributed by atoms with Crippen LogP contribution in [0.15, 0.2) is 18.5 Å². The highest BCUT2D eigenvalue weighted by atomic mass is 16.3. The number of nitrogens with one attached hydrogen (secondary N) is 2. The van der Waals surface area contributed by atoms with E-state index in [0.717, 1.165) is 5.56 Å². The summed E-state index contributed by atoms with van der Waals surface area (Å²) in [6, 6.07) is 1.84. The lowest BCUT2D eigenvalue weighted by atomic mass is 10.3. The van der Waals surface area contributed by atoms with Crippen LogP contribution in [-0.2, 0) is 11.3 Å². The Kier molecular flexibility index (Phi) is 3.48. The standard InChI is InChI=1S/C8H13N3O2/c9-3-7(12)8(13)11-5-6-1-2-10-4-6/h1-2,4,7,10,12H,3,5,9H2,(H,11,13). The Balaban J connectivity index is 2.31. The molecule has 1 heterocycles. The summed E-state index contributed by atoms with van der Waals surface area (Å²) in [5.41, 5.74) is 6.06. The highest BCUT2D eigenvalue weighted by molar-refractivity contribution is 5.80. The molecule has 0 aliphatic heterocycles. The maximum atomic E-state index is 11.0. The molecule has 72 valence electrons. The average molecular weight is 183 g/mol. The van der Waals surface area contributed by atoms with E-state index in [1.165, 1.54) is 0 Å². The first-order valence-electron chi connectivity index (χ1n) is 4.01. The van der Waals surface area contributed by atoms with Crippen molar-refractivity contribution in [3.63, 3.8) is 0 Å². The van der Waals surface area contributed by atoms with E-state index >= 15 is 0 Å². The minimum Gasteiger partial charge on any atom is -0.382 e. The number of rotatable bonds is 4. The molecular weight excluding hydrogens is 170 g/mol. The summed E-state index contributed by atoms with van der Waals surface area (Å²) in [6.45, 7) is 0.346. The van der Waals surface area contributed by atoms with Gasteiger partial charge in [-0.2, -0.15) is 0 Å². The van der Waals surface area contributed by atoms with Crippen molar-refractivity contribution in [2.75, 3.05) is 6.54 Å². The Morgan fingerprint density at radius 3 is 3.08 bits per heavy atom. The van der Waals surface area contributed by atoms with E-state index in [9.17, 15) is 4.79 Å². The first kappa shape index (κ1) is 9.76. The zero-order valence-corrected chi connectivity index (χ0v) is 7.16. The number of aliphatic hydroxyl groups excluding tert-OH is 1. The molecule has 1 aromatic rings. The van der Waals surface area contributed by atoms with Gasteiger partial charge in [0.1, 0.15) is 6.10 Å². The molecule has 0 bridgehead atoms. The second-order valence-corrected chi connectivity index (χ2v) is 2.69. The fraction of sp³-hybridized carbons (Fsp3) is 0.375. The van der Waals surface area contributed by atoms with Crippen LogP contribution in [0.25, 0.3) is 0 Å². The van der Waals surface area contributed by atoms with Gasteiger partial charge in [-0.15, -0.1) is 0 Å². The van der Waals surface area contributed by atoms with Crippen molar-refractivity contribution in [3.05, 3.63) is 24.0 Å². The van der Waals surface area contributed by atoms with Crippen molar-refractivity contribution in [1.82, 2.24) is 10.3 Å². The molecule has 5 heteroatoms. The minimum atomic E-state index is -1.11. The predicted octanol–water partition coefficient (Wildman–Crippen LogP) is -1.05. The largest absolute Gasteiger partial charge is 0.382 e. The summed E-state index contributed by atoms with van der Waals surface area (Å²) in [5.74, 6) is -0.441. The molecule has 13 heavy (non-hydrogen) atoms. The van der Waals surface area contributed by atoms with Gasteiger partial charge in [0.2, 0.25) is 5.91 Å². The molecule has 5 nitrogen and oxygen atoms in total. The van der Waals surface area contributed by atoms with Crippen LogP contribution in [0.5, 0.6) is 0 Å². The maximum Gasteiger partial charge on any atom is 0.250 e. The van der Waals surface area contributed by atoms with Crippen LogP contribution >= 0.6 is 0 Å². The molecule has 0 saturated carbocycles. The summed E-state index contributed by atoms with van der Waals surface area (Å²) in [4.78, 5) is 13.9. The highest BCUT2D eigenvalue weighted by Gasteiger charge is 2.11. The number of carbonyl (C=O) groups is 1. The second kappa shape index (κ2) is 4.64. The SMILES string of the molecule is NCC(O)C(=O)NCc1cc[nH]c1. The molecule has 1 atom stereocenters. The molecular formula is C8H13N3O2. The average Bonchev–Trinajstić information content (AvgIpc) is 2.65. The van der Waals surface area contributed by atoms with Crippen molar-refractivity contribution in [1.29, 1.82) is 0 Å². The molecule has 5 N–H and O–H groups in total. The molecule has 1 rings (SSSR count). The van der Waals surface area contributed by atoms with Gasteiger partial charge in [0, 0.05) is 25.5 Å². The molecule has 1 amide bonds. The zero-order chi connectivity index (χ0) is 9.68. The lowest BCUT2D eigenvalue weighted by molar-refractivity contribution is -0.128. The number of aromatic amines is 1. The minimum absolute atomic E-state index is 0.0566. The Morgan fingerprint density at radius 1 is 1.77 bits per heavy atom. The Hall–Kier alpha value is -1.33. The van der Waals surface area contributed by atoms with Crippen LogP contribution in [0.4, 0.5) is 0 Å². The van der Waals surface area contributed by atoms with E-state index in [4.69, 9.17) is 10.8 Å². The Labute approximate surface area is 75.9 Å². The van der Waals surface area contributed by atoms with Crippen LogP contribution < -0.4 is 11.1 Å². The predicted molar refractivity (Wildman–Crippen MR) is 47.7 cm³/mol. The highest BCUT2D eigenvalue weighted by Crippen LogP contribution is 1.94. The van der Waals surface area contributed by atoms with Crippen molar-refractivity contribution < 1.29 is 9.90 Å². The zero-order valence-electron chi connectivity index (χ0n) is 7.16. The molecule has 0 aromatic carbocycles. The molecule has 0 aliphatic rings. The fourth-order valence-electron chi connectivity index (χ4n) is 0.882. The lowest BCUT2D eigenvalue weighted by Crippen LogP contribution is -2.38. The van der Waals surface area contributed by atoms with E-state index in [1.54, 1.807) is 12.4 Å². The number of hydrogen-bond acceptors (Lipinski definition) is 3. The lowest BCUT2D eigenvalue weighted by Gasteiger charge is -2.07. The summed E-state index contributed by atoms with van der Waals surface area (Å²) in [7, 11) is 0. The molecule has 1 aromatic heterocycles. The van der Waals surface area contributed by atoms with Crippen LogP contribution in [0.2, 0.25) is 0 Å². The third-order valence-corrected chi connectivity index (χ3v) is 1.66. The van der Waals surface area contributed by atoms with Gasteiger partial charge in [-0.25, -0.2) is 0 Å². The smallest absolute Gasteiger partial charge is 0.250 e. The third-order valence-electron chi connectivity index (χ3n) is 1.66. The van der Waals surface area contributed by atoms with Gasteiger partial charge >= 0.3 is 0 Å². The number of nitrogens with two attached hydrogens (primary N) is 1. The van der Waals surface area contributed by atoms with Crippen LogP contribution in [-0.4, -0.2) is 28.6 Å². The van der Waals surface area contributed by atoms with Crippen molar-refractivity contribution in [2.45, 2.75) is 12.6 Å². The number of aromatic nitrogens is 1. The van der Waals surface area contributed by atoms with Gasteiger partial charge in [-0.1, -0.05) is 0 Å². The molecule has 0 radical (unpaired) electrons. The number of amides is 1. The van der Waals surface area contributed by atoms with E-state index in [1.807, 2.05) is 6.07 Å².